The van der Waals surface area contributed by atoms with Crippen molar-refractivity contribution in [2.24, 2.45) is 0 Å². The molecule has 35 heavy (non-hydrogen) atoms. The molecule has 0 aliphatic carbocycles. The van der Waals surface area contributed by atoms with Crippen LogP contribution in [0.2, 0.25) is 0 Å². The van der Waals surface area contributed by atoms with Crippen LogP contribution in [0.25, 0.3) is 22.3 Å². The van der Waals surface area contributed by atoms with E-state index in [1.807, 2.05) is 66.9 Å². The summed E-state index contributed by atoms with van der Waals surface area (Å²) in [6.45, 7) is 6.59. The van der Waals surface area contributed by atoms with E-state index in [-0.39, 0.29) is 11.3 Å². The number of benzene rings is 2. The highest BCUT2D eigenvalue weighted by Crippen LogP contribution is 2.33. The molecule has 1 aliphatic heterocycles. The molecule has 0 spiro atoms. The van der Waals surface area contributed by atoms with Gasteiger partial charge in [0.15, 0.2) is 11.0 Å². The molecule has 1 aliphatic rings. The van der Waals surface area contributed by atoms with E-state index in [1.54, 1.807) is 0 Å². The van der Waals surface area contributed by atoms with Gasteiger partial charge in [0.05, 0.1) is 35.2 Å². The number of hydrogen-bond donors (Lipinski definition) is 2. The van der Waals surface area contributed by atoms with Crippen molar-refractivity contribution in [1.82, 2.24) is 24.7 Å². The summed E-state index contributed by atoms with van der Waals surface area (Å²) in [6, 6.07) is 17.8. The number of nitrogens with zero attached hydrogens (tertiary/aromatic N) is 6. The Morgan fingerprint density at radius 3 is 2.60 bits per heavy atom. The minimum atomic E-state index is -0.469. The van der Waals surface area contributed by atoms with Gasteiger partial charge >= 0.3 is 0 Å². The van der Waals surface area contributed by atoms with Gasteiger partial charge in [-0.05, 0) is 38.1 Å². The Morgan fingerprint density at radius 2 is 1.89 bits per heavy atom. The molecule has 1 fully saturated rings. The number of thioether (sulfide) groups is 1. The fourth-order valence-corrected chi connectivity index (χ4v) is 4.87. The summed E-state index contributed by atoms with van der Waals surface area (Å²) in [7, 11) is 0. The molecule has 1 atom stereocenters. The molecule has 5 rings (SSSR count). The number of fused-ring (bicyclic) bond motifs is 1. The molecule has 0 radical (unpaired) electrons. The lowest BCUT2D eigenvalue weighted by Crippen LogP contribution is -2.37. The minimum Gasteiger partial charge on any atom is -0.510 e. The van der Waals surface area contributed by atoms with Crippen molar-refractivity contribution in [1.29, 1.82) is 5.26 Å². The van der Waals surface area contributed by atoms with E-state index in [9.17, 15) is 10.4 Å². The molecule has 178 valence electrons. The highest BCUT2D eigenvalue weighted by Gasteiger charge is 2.25. The van der Waals surface area contributed by atoms with E-state index < -0.39 is 5.25 Å². The number of aromatic nitrogens is 5. The van der Waals surface area contributed by atoms with Crippen molar-refractivity contribution < 1.29 is 9.84 Å². The third-order valence-corrected chi connectivity index (χ3v) is 6.92. The first-order valence-corrected chi connectivity index (χ1v) is 12.2. The molecule has 1 saturated heterocycles. The van der Waals surface area contributed by atoms with Crippen LogP contribution in [0.3, 0.4) is 0 Å². The predicted octanol–water partition coefficient (Wildman–Crippen LogP) is 4.26. The van der Waals surface area contributed by atoms with Gasteiger partial charge in [-0.1, -0.05) is 41.6 Å². The highest BCUT2D eigenvalue weighted by atomic mass is 32.2. The first kappa shape index (κ1) is 23.0. The number of aliphatic hydroxyl groups is 1. The number of aromatic amines is 1. The van der Waals surface area contributed by atoms with Crippen LogP contribution >= 0.6 is 11.8 Å². The van der Waals surface area contributed by atoms with Crippen molar-refractivity contribution in [2.45, 2.75) is 24.3 Å². The normalized spacial score (nSPS) is 15.6. The van der Waals surface area contributed by atoms with Crippen LogP contribution in [0.1, 0.15) is 18.3 Å². The molecular weight excluding hydrogens is 462 g/mol. The summed E-state index contributed by atoms with van der Waals surface area (Å²) >= 11 is 1.34. The average Bonchev–Trinajstić information content (AvgIpc) is 3.50. The number of nitriles is 1. The number of H-pyrrole nitrogens is 1. The maximum atomic E-state index is 11.1. The SMILES string of the molecule is Cc1ccc(-n2c(SC(C)/C(O)=C(\C#N)c3nc4ccccc4[nH]3)nnc2N2CCOCC2)cc1. The van der Waals surface area contributed by atoms with Crippen molar-refractivity contribution in [3.63, 3.8) is 0 Å². The van der Waals surface area contributed by atoms with E-state index in [2.05, 4.69) is 31.1 Å². The second-order valence-electron chi connectivity index (χ2n) is 8.29. The van der Waals surface area contributed by atoms with Crippen molar-refractivity contribution in [3.8, 4) is 11.8 Å². The van der Waals surface area contributed by atoms with E-state index in [4.69, 9.17) is 4.74 Å². The average molecular weight is 488 g/mol. The number of imidazole rings is 1. The zero-order chi connectivity index (χ0) is 24.4. The zero-order valence-electron chi connectivity index (χ0n) is 19.5. The van der Waals surface area contributed by atoms with Gasteiger partial charge in [-0.15, -0.1) is 10.2 Å². The largest absolute Gasteiger partial charge is 0.510 e. The summed E-state index contributed by atoms with van der Waals surface area (Å²) in [5.74, 6) is 1.00. The Hall–Kier alpha value is -3.81. The van der Waals surface area contributed by atoms with Crippen molar-refractivity contribution in [3.05, 3.63) is 65.7 Å². The molecule has 3 heterocycles. The Morgan fingerprint density at radius 1 is 1.14 bits per heavy atom. The smallest absolute Gasteiger partial charge is 0.232 e. The van der Waals surface area contributed by atoms with Crippen LogP contribution in [-0.4, -0.2) is 61.4 Å². The lowest BCUT2D eigenvalue weighted by molar-refractivity contribution is 0.122. The van der Waals surface area contributed by atoms with Gasteiger partial charge in [0, 0.05) is 13.1 Å². The van der Waals surface area contributed by atoms with Gasteiger partial charge in [-0.2, -0.15) is 5.26 Å². The van der Waals surface area contributed by atoms with Gasteiger partial charge in [0.1, 0.15) is 17.4 Å². The topological polar surface area (TPSA) is 116 Å². The summed E-state index contributed by atoms with van der Waals surface area (Å²) < 4.78 is 7.50. The molecular formula is C25H25N7O2S. The molecule has 2 N–H and O–H groups in total. The Labute approximate surface area is 207 Å². The van der Waals surface area contributed by atoms with E-state index >= 15 is 0 Å². The van der Waals surface area contributed by atoms with E-state index in [0.29, 0.717) is 24.2 Å². The Kier molecular flexibility index (Phi) is 6.44. The highest BCUT2D eigenvalue weighted by molar-refractivity contribution is 8.00. The zero-order valence-corrected chi connectivity index (χ0v) is 20.3. The van der Waals surface area contributed by atoms with Crippen LogP contribution in [-0.2, 0) is 4.74 Å². The Bertz CT molecular complexity index is 1380. The van der Waals surface area contributed by atoms with Crippen LogP contribution in [0, 0.1) is 18.3 Å². The van der Waals surface area contributed by atoms with Crippen LogP contribution < -0.4 is 4.90 Å². The number of morpholine rings is 1. The molecule has 2 aromatic carbocycles. The van der Waals surface area contributed by atoms with Gasteiger partial charge in [0.25, 0.3) is 0 Å². The molecule has 2 aromatic heterocycles. The second-order valence-corrected chi connectivity index (χ2v) is 9.60. The molecule has 9 nitrogen and oxygen atoms in total. The fourth-order valence-electron chi connectivity index (χ4n) is 3.95. The minimum absolute atomic E-state index is 0.0667. The van der Waals surface area contributed by atoms with Crippen LogP contribution in [0.5, 0.6) is 0 Å². The maximum absolute atomic E-state index is 11.1. The number of aryl methyl sites for hydroxylation is 1. The first-order chi connectivity index (χ1) is 17.0. The third kappa shape index (κ3) is 4.60. The summed E-state index contributed by atoms with van der Waals surface area (Å²) in [6.07, 6.45) is 0. The standard InChI is InChI=1S/C25H25N7O2S/c1-16-7-9-18(10-8-16)32-24(31-11-13-34-14-12-31)29-30-25(32)35-17(2)22(33)19(15-26)23-27-20-5-3-4-6-21(20)28-23/h3-10,17,33H,11-14H2,1-2H3,(H,27,28)/b22-19-. The number of para-hydroxylation sites is 2. The van der Waals surface area contributed by atoms with Gasteiger partial charge < -0.3 is 19.7 Å². The van der Waals surface area contributed by atoms with Crippen molar-refractivity contribution >= 4 is 34.3 Å². The second kappa shape index (κ2) is 9.82. The number of nitrogens with one attached hydrogen (secondary N) is 1. The molecule has 0 amide bonds. The molecule has 0 saturated carbocycles. The lowest BCUT2D eigenvalue weighted by Gasteiger charge is -2.28. The number of rotatable bonds is 6. The summed E-state index contributed by atoms with van der Waals surface area (Å²) in [4.78, 5) is 9.75. The molecule has 4 aromatic rings. The number of hydrogen-bond acceptors (Lipinski definition) is 8. The first-order valence-electron chi connectivity index (χ1n) is 11.4. The van der Waals surface area contributed by atoms with Gasteiger partial charge in [0.2, 0.25) is 5.95 Å². The predicted molar refractivity (Wildman–Crippen MR) is 136 cm³/mol. The van der Waals surface area contributed by atoms with Crippen molar-refractivity contribution in [2.75, 3.05) is 31.2 Å². The quantitative estimate of drug-likeness (QED) is 0.235. The van der Waals surface area contributed by atoms with E-state index in [1.165, 1.54) is 11.8 Å². The fraction of sp³-hybridized carbons (Fsp3) is 0.280. The number of anilines is 1. The number of allylic oxidation sites excluding steroid dienone is 1. The Balaban J connectivity index is 1.50. The molecule has 1 unspecified atom stereocenters. The number of aliphatic hydroxyl groups excluding tert-OH is 1. The van der Waals surface area contributed by atoms with E-state index in [0.717, 1.165) is 41.3 Å². The summed E-state index contributed by atoms with van der Waals surface area (Å²) in [5.41, 5.74) is 3.73. The maximum Gasteiger partial charge on any atom is 0.232 e. The lowest BCUT2D eigenvalue weighted by atomic mass is 10.2. The van der Waals surface area contributed by atoms with Gasteiger partial charge in [-0.3, -0.25) is 4.57 Å². The molecule has 0 bridgehead atoms. The van der Waals surface area contributed by atoms with Gasteiger partial charge in [-0.25, -0.2) is 4.98 Å². The van der Waals surface area contributed by atoms with Crippen LogP contribution in [0.15, 0.2) is 59.4 Å². The molecule has 10 heteroatoms. The number of ether oxygens (including phenoxy) is 1. The monoisotopic (exact) mass is 487 g/mol. The van der Waals surface area contributed by atoms with Crippen LogP contribution in [0.4, 0.5) is 5.95 Å². The third-order valence-electron chi connectivity index (χ3n) is 5.86. The summed E-state index contributed by atoms with van der Waals surface area (Å²) in [5, 5.41) is 30.0.